The zero-order valence-electron chi connectivity index (χ0n) is 22.4. The first kappa shape index (κ1) is 29.3. The first-order valence-electron chi connectivity index (χ1n) is 12.4. The maximum atomic E-state index is 12.5. The van der Waals surface area contributed by atoms with E-state index in [2.05, 4.69) is 78.4 Å². The largest absolute Gasteiger partial charge is 0.417 e. The van der Waals surface area contributed by atoms with E-state index in [4.69, 9.17) is 8.85 Å². The molecule has 188 valence electrons. The smallest absolute Gasteiger partial charge is 0.243 e. The maximum absolute atomic E-state index is 12.5. The van der Waals surface area contributed by atoms with Crippen LogP contribution in [-0.2, 0) is 18.4 Å². The lowest BCUT2D eigenvalue weighted by Gasteiger charge is -2.36. The van der Waals surface area contributed by atoms with Crippen molar-refractivity contribution in [3.63, 3.8) is 0 Å². The third-order valence-corrected chi connectivity index (χ3v) is 16.7. The van der Waals surface area contributed by atoms with Gasteiger partial charge in [0.15, 0.2) is 16.6 Å². The standard InChI is InChI=1S/C24H50N2O4Si2/c1-23(2,3)31(7,8)29-17-13-11-15-19-21(27)26-20(22(28)25-19)16-12-14-18-30-32(9,10)24(4,5)6/h19-20H,11-18H2,1-10H3,(H,25,28)(H,26,27)/t19-,20-/m0/s1. The molecule has 0 aromatic rings. The summed E-state index contributed by atoms with van der Waals surface area (Å²) in [5.74, 6) is -0.116. The fourth-order valence-electron chi connectivity index (χ4n) is 3.07. The van der Waals surface area contributed by atoms with Crippen LogP contribution in [0, 0.1) is 0 Å². The SMILES string of the molecule is CC(C)(C)[Si](C)(C)OCCCC[C@@H]1NC(=O)[C@H](CCCCO[Si](C)(C)C(C)(C)C)NC1=O. The zero-order valence-corrected chi connectivity index (χ0v) is 24.4. The molecule has 0 radical (unpaired) electrons. The second-order valence-corrected chi connectivity index (χ2v) is 22.0. The van der Waals surface area contributed by atoms with Crippen molar-refractivity contribution >= 4 is 28.4 Å². The third-order valence-electron chi connectivity index (χ3n) is 7.58. The van der Waals surface area contributed by atoms with E-state index in [1.165, 1.54) is 0 Å². The molecule has 0 unspecified atom stereocenters. The Kier molecular flexibility index (Phi) is 10.7. The Bertz CT molecular complexity index is 570. The van der Waals surface area contributed by atoms with Gasteiger partial charge in [0.05, 0.1) is 0 Å². The Morgan fingerprint density at radius 2 is 0.969 bits per heavy atom. The summed E-state index contributed by atoms with van der Waals surface area (Å²) >= 11 is 0. The van der Waals surface area contributed by atoms with Crippen molar-refractivity contribution in [1.29, 1.82) is 0 Å². The highest BCUT2D eigenvalue weighted by molar-refractivity contribution is 6.74. The van der Waals surface area contributed by atoms with Crippen LogP contribution in [0.5, 0.6) is 0 Å². The molecule has 0 saturated carbocycles. The summed E-state index contributed by atoms with van der Waals surface area (Å²) < 4.78 is 12.4. The highest BCUT2D eigenvalue weighted by Gasteiger charge is 2.38. The number of unbranched alkanes of at least 4 members (excludes halogenated alkanes) is 2. The molecule has 1 rings (SSSR count). The molecule has 2 N–H and O–H groups in total. The fourth-order valence-corrected chi connectivity index (χ4v) is 5.25. The van der Waals surface area contributed by atoms with Gasteiger partial charge in [0, 0.05) is 13.2 Å². The lowest BCUT2D eigenvalue weighted by Crippen LogP contribution is -2.61. The minimum Gasteiger partial charge on any atom is -0.417 e. The van der Waals surface area contributed by atoms with Crippen molar-refractivity contribution in [3.05, 3.63) is 0 Å². The minimum absolute atomic E-state index is 0.0579. The molecule has 0 aliphatic carbocycles. The monoisotopic (exact) mass is 486 g/mol. The molecule has 0 bridgehead atoms. The van der Waals surface area contributed by atoms with Crippen LogP contribution in [0.3, 0.4) is 0 Å². The van der Waals surface area contributed by atoms with Crippen molar-refractivity contribution in [1.82, 2.24) is 10.6 Å². The number of hydrogen-bond donors (Lipinski definition) is 2. The summed E-state index contributed by atoms with van der Waals surface area (Å²) in [6.07, 6.45) is 4.86. The van der Waals surface area contributed by atoms with Crippen molar-refractivity contribution in [2.75, 3.05) is 13.2 Å². The highest BCUT2D eigenvalue weighted by atomic mass is 28.4. The lowest BCUT2D eigenvalue weighted by molar-refractivity contribution is -0.137. The number of hydrogen-bond acceptors (Lipinski definition) is 4. The van der Waals surface area contributed by atoms with Crippen LogP contribution in [0.15, 0.2) is 0 Å². The third kappa shape index (κ3) is 8.91. The van der Waals surface area contributed by atoms with E-state index in [9.17, 15) is 9.59 Å². The van der Waals surface area contributed by atoms with Gasteiger partial charge in [-0.05, 0) is 74.8 Å². The normalized spacial score (nSPS) is 20.8. The van der Waals surface area contributed by atoms with E-state index in [1.54, 1.807) is 0 Å². The second kappa shape index (κ2) is 11.6. The Labute approximate surface area is 199 Å². The molecular formula is C24H50N2O4Si2. The van der Waals surface area contributed by atoms with Crippen LogP contribution in [0.1, 0.15) is 80.1 Å². The van der Waals surface area contributed by atoms with E-state index >= 15 is 0 Å². The van der Waals surface area contributed by atoms with Crippen molar-refractivity contribution in [2.45, 2.75) is 128 Å². The Morgan fingerprint density at radius 3 is 1.25 bits per heavy atom. The fraction of sp³-hybridized carbons (Fsp3) is 0.917. The minimum atomic E-state index is -1.72. The first-order chi connectivity index (χ1) is 14.5. The summed E-state index contributed by atoms with van der Waals surface area (Å²) in [7, 11) is -3.45. The van der Waals surface area contributed by atoms with E-state index in [1.807, 2.05) is 0 Å². The molecular weight excluding hydrogens is 436 g/mol. The molecule has 32 heavy (non-hydrogen) atoms. The summed E-state index contributed by atoms with van der Waals surface area (Å²) in [5, 5.41) is 6.26. The summed E-state index contributed by atoms with van der Waals surface area (Å²) in [6, 6.07) is -0.845. The van der Waals surface area contributed by atoms with E-state index in [0.717, 1.165) is 38.9 Å². The van der Waals surface area contributed by atoms with Gasteiger partial charge in [-0.15, -0.1) is 0 Å². The molecule has 2 atom stereocenters. The second-order valence-electron chi connectivity index (χ2n) is 12.3. The Morgan fingerprint density at radius 1 is 0.656 bits per heavy atom. The van der Waals surface area contributed by atoms with E-state index in [0.29, 0.717) is 12.8 Å². The Balaban J connectivity index is 2.28. The number of carbonyl (C=O) groups excluding carboxylic acids is 2. The average Bonchev–Trinajstić information content (AvgIpc) is 2.62. The van der Waals surface area contributed by atoms with Crippen LogP contribution < -0.4 is 10.6 Å². The van der Waals surface area contributed by atoms with Gasteiger partial charge in [0.25, 0.3) is 0 Å². The van der Waals surface area contributed by atoms with Crippen molar-refractivity contribution in [3.8, 4) is 0 Å². The van der Waals surface area contributed by atoms with Gasteiger partial charge in [-0.25, -0.2) is 0 Å². The molecule has 1 aliphatic heterocycles. The number of rotatable bonds is 12. The van der Waals surface area contributed by atoms with Crippen LogP contribution in [0.25, 0.3) is 0 Å². The van der Waals surface area contributed by atoms with E-state index in [-0.39, 0.29) is 21.9 Å². The number of piperazine rings is 1. The number of nitrogens with one attached hydrogen (secondary N) is 2. The molecule has 0 aromatic heterocycles. The predicted octanol–water partition coefficient (Wildman–Crippen LogP) is 5.35. The molecule has 0 aromatic carbocycles. The molecule has 0 spiro atoms. The van der Waals surface area contributed by atoms with Crippen LogP contribution in [-0.4, -0.2) is 53.7 Å². The van der Waals surface area contributed by atoms with Gasteiger partial charge >= 0.3 is 0 Å². The topological polar surface area (TPSA) is 76.7 Å². The van der Waals surface area contributed by atoms with Gasteiger partial charge in [-0.1, -0.05) is 41.5 Å². The summed E-state index contributed by atoms with van der Waals surface area (Å²) in [5.41, 5.74) is 0. The predicted molar refractivity (Wildman–Crippen MR) is 138 cm³/mol. The van der Waals surface area contributed by atoms with Crippen LogP contribution in [0.2, 0.25) is 36.3 Å². The number of amides is 2. The molecule has 6 nitrogen and oxygen atoms in total. The average molecular weight is 487 g/mol. The van der Waals surface area contributed by atoms with Gasteiger partial charge in [-0.3, -0.25) is 9.59 Å². The molecule has 8 heteroatoms. The summed E-state index contributed by atoms with van der Waals surface area (Å²) in [4.78, 5) is 24.9. The van der Waals surface area contributed by atoms with Gasteiger partial charge in [0.1, 0.15) is 12.1 Å². The number of carbonyl (C=O) groups is 2. The summed E-state index contributed by atoms with van der Waals surface area (Å²) in [6.45, 7) is 23.9. The first-order valence-corrected chi connectivity index (χ1v) is 18.2. The quantitative estimate of drug-likeness (QED) is 0.288. The van der Waals surface area contributed by atoms with Crippen LogP contribution >= 0.6 is 0 Å². The molecule has 2 amide bonds. The van der Waals surface area contributed by atoms with Gasteiger partial charge < -0.3 is 19.5 Å². The van der Waals surface area contributed by atoms with Gasteiger partial charge in [0.2, 0.25) is 11.8 Å². The van der Waals surface area contributed by atoms with Crippen molar-refractivity contribution in [2.24, 2.45) is 0 Å². The van der Waals surface area contributed by atoms with Crippen molar-refractivity contribution < 1.29 is 18.4 Å². The zero-order chi connectivity index (χ0) is 24.8. The molecule has 1 heterocycles. The van der Waals surface area contributed by atoms with Crippen LogP contribution in [0.4, 0.5) is 0 Å². The van der Waals surface area contributed by atoms with Gasteiger partial charge in [-0.2, -0.15) is 0 Å². The maximum Gasteiger partial charge on any atom is 0.243 e. The molecule has 1 fully saturated rings. The van der Waals surface area contributed by atoms with E-state index < -0.39 is 28.7 Å². The molecule has 1 aliphatic rings. The molecule has 1 saturated heterocycles. The lowest BCUT2D eigenvalue weighted by atomic mass is 10.0. The highest BCUT2D eigenvalue weighted by Crippen LogP contribution is 2.37. The Hall–Kier alpha value is -0.706.